The van der Waals surface area contributed by atoms with Gasteiger partial charge in [0.15, 0.2) is 0 Å². The van der Waals surface area contributed by atoms with Crippen molar-refractivity contribution in [1.29, 1.82) is 5.26 Å². The molecule has 0 amide bonds. The Bertz CT molecular complexity index is 211. The third kappa shape index (κ3) is 2.27. The van der Waals surface area contributed by atoms with Crippen molar-refractivity contribution in [3.8, 4) is 6.07 Å². The van der Waals surface area contributed by atoms with Crippen LogP contribution in [0.1, 0.15) is 44.9 Å². The van der Waals surface area contributed by atoms with Crippen LogP contribution >= 0.6 is 0 Å². The van der Waals surface area contributed by atoms with Crippen molar-refractivity contribution in [2.45, 2.75) is 51.0 Å². The summed E-state index contributed by atoms with van der Waals surface area (Å²) in [7, 11) is 0. The summed E-state index contributed by atoms with van der Waals surface area (Å²) in [6.07, 6.45) is 9.50. The first-order valence-electron chi connectivity index (χ1n) is 6.04. The number of hydrogen-bond acceptors (Lipinski definition) is 2. The molecule has 0 N–H and O–H groups in total. The summed E-state index contributed by atoms with van der Waals surface area (Å²) < 4.78 is 0. The van der Waals surface area contributed by atoms with E-state index in [9.17, 15) is 0 Å². The number of nitrogens with zero attached hydrogens (tertiary/aromatic N) is 2. The van der Waals surface area contributed by atoms with E-state index in [4.69, 9.17) is 5.26 Å². The van der Waals surface area contributed by atoms with Gasteiger partial charge in [-0.1, -0.05) is 25.7 Å². The van der Waals surface area contributed by atoms with Crippen LogP contribution in [-0.2, 0) is 0 Å². The molecule has 0 radical (unpaired) electrons. The molecule has 78 valence electrons. The molecule has 14 heavy (non-hydrogen) atoms. The van der Waals surface area contributed by atoms with E-state index in [2.05, 4.69) is 11.0 Å². The number of hydrogen-bond donors (Lipinski definition) is 0. The van der Waals surface area contributed by atoms with Crippen LogP contribution in [-0.4, -0.2) is 24.0 Å². The zero-order valence-electron chi connectivity index (χ0n) is 8.91. The van der Waals surface area contributed by atoms with Gasteiger partial charge in [-0.25, -0.2) is 0 Å². The quantitative estimate of drug-likeness (QED) is 0.597. The molecule has 1 aliphatic heterocycles. The Balaban J connectivity index is 1.85. The third-order valence-electron chi connectivity index (χ3n) is 3.74. The fraction of sp³-hybridized carbons (Fsp3) is 0.917. The molecule has 0 aromatic carbocycles. The maximum atomic E-state index is 8.86. The van der Waals surface area contributed by atoms with Crippen molar-refractivity contribution in [1.82, 2.24) is 4.90 Å². The zero-order valence-corrected chi connectivity index (χ0v) is 8.91. The summed E-state index contributed by atoms with van der Waals surface area (Å²) >= 11 is 0. The van der Waals surface area contributed by atoms with Gasteiger partial charge < -0.3 is 0 Å². The number of rotatable bonds is 1. The number of nitriles is 1. The molecule has 1 heterocycles. The Kier molecular flexibility index (Phi) is 3.42. The van der Waals surface area contributed by atoms with Crippen LogP contribution < -0.4 is 0 Å². The van der Waals surface area contributed by atoms with Gasteiger partial charge in [-0.3, -0.25) is 4.90 Å². The van der Waals surface area contributed by atoms with E-state index in [1.54, 1.807) is 0 Å². The predicted octanol–water partition coefficient (Wildman–Crippen LogP) is 2.55. The lowest BCUT2D eigenvalue weighted by Gasteiger charge is -2.26. The Morgan fingerprint density at radius 2 is 1.71 bits per heavy atom. The van der Waals surface area contributed by atoms with Gasteiger partial charge >= 0.3 is 0 Å². The highest BCUT2D eigenvalue weighted by molar-refractivity contribution is 4.92. The van der Waals surface area contributed by atoms with Gasteiger partial charge in [0.05, 0.1) is 12.0 Å². The van der Waals surface area contributed by atoms with Gasteiger partial charge in [0.2, 0.25) is 0 Å². The van der Waals surface area contributed by atoms with E-state index in [0.717, 1.165) is 19.0 Å². The summed E-state index contributed by atoms with van der Waals surface area (Å²) in [5.74, 6) is 0.318. The van der Waals surface area contributed by atoms with Crippen LogP contribution in [0.5, 0.6) is 0 Å². The normalized spacial score (nSPS) is 31.2. The minimum absolute atomic E-state index is 0.318. The highest BCUT2D eigenvalue weighted by atomic mass is 15.2. The Hall–Kier alpha value is -0.550. The minimum atomic E-state index is 0.318. The maximum Gasteiger partial charge on any atom is 0.0669 e. The standard InChI is InChI=1S/C12H20N2/c13-9-11-7-8-14(10-11)12-5-3-1-2-4-6-12/h11-12H,1-8,10H2. The summed E-state index contributed by atoms with van der Waals surface area (Å²) in [6.45, 7) is 2.21. The fourth-order valence-electron chi connectivity index (χ4n) is 2.85. The van der Waals surface area contributed by atoms with Crippen LogP contribution in [0.3, 0.4) is 0 Å². The molecule has 0 aromatic rings. The van der Waals surface area contributed by atoms with Gasteiger partial charge in [0.1, 0.15) is 0 Å². The van der Waals surface area contributed by atoms with Crippen LogP contribution in [0.15, 0.2) is 0 Å². The second-order valence-corrected chi connectivity index (χ2v) is 4.76. The van der Waals surface area contributed by atoms with Crippen LogP contribution in [0.4, 0.5) is 0 Å². The highest BCUT2D eigenvalue weighted by Crippen LogP contribution is 2.26. The summed E-state index contributed by atoms with van der Waals surface area (Å²) in [5.41, 5.74) is 0. The first kappa shape index (κ1) is 9.98. The molecule has 0 spiro atoms. The van der Waals surface area contributed by atoms with Gasteiger partial charge in [0, 0.05) is 12.6 Å². The molecule has 0 bridgehead atoms. The average Bonchev–Trinajstić information content (AvgIpc) is 2.53. The van der Waals surface area contributed by atoms with E-state index in [1.807, 2.05) is 0 Å². The Morgan fingerprint density at radius 1 is 1.00 bits per heavy atom. The lowest BCUT2D eigenvalue weighted by Crippen LogP contribution is -2.32. The van der Waals surface area contributed by atoms with Crippen molar-refractivity contribution in [2.24, 2.45) is 5.92 Å². The lowest BCUT2D eigenvalue weighted by molar-refractivity contribution is 0.217. The first-order chi connectivity index (χ1) is 6.90. The van der Waals surface area contributed by atoms with Crippen molar-refractivity contribution in [3.63, 3.8) is 0 Å². The maximum absolute atomic E-state index is 8.86. The van der Waals surface area contributed by atoms with Crippen molar-refractivity contribution < 1.29 is 0 Å². The van der Waals surface area contributed by atoms with Crippen molar-refractivity contribution in [3.05, 3.63) is 0 Å². The molecule has 1 saturated carbocycles. The van der Waals surface area contributed by atoms with Crippen molar-refractivity contribution >= 4 is 0 Å². The van der Waals surface area contributed by atoms with E-state index >= 15 is 0 Å². The van der Waals surface area contributed by atoms with Crippen LogP contribution in [0, 0.1) is 17.2 Å². The predicted molar refractivity (Wildman–Crippen MR) is 56.8 cm³/mol. The second kappa shape index (κ2) is 4.79. The molecule has 2 rings (SSSR count). The molecule has 0 aromatic heterocycles. The Labute approximate surface area is 86.9 Å². The summed E-state index contributed by atoms with van der Waals surface area (Å²) in [6, 6.07) is 3.21. The van der Waals surface area contributed by atoms with Gasteiger partial charge in [-0.05, 0) is 25.8 Å². The first-order valence-corrected chi connectivity index (χ1v) is 6.04. The van der Waals surface area contributed by atoms with Gasteiger partial charge in [0.25, 0.3) is 0 Å². The molecule has 2 aliphatic rings. The molecule has 2 heteroatoms. The smallest absolute Gasteiger partial charge is 0.0669 e. The van der Waals surface area contributed by atoms with Crippen LogP contribution in [0.25, 0.3) is 0 Å². The van der Waals surface area contributed by atoms with Crippen molar-refractivity contribution in [2.75, 3.05) is 13.1 Å². The largest absolute Gasteiger partial charge is 0.299 e. The lowest BCUT2D eigenvalue weighted by atomic mass is 10.1. The molecular formula is C12H20N2. The second-order valence-electron chi connectivity index (χ2n) is 4.76. The molecule has 1 aliphatic carbocycles. The average molecular weight is 192 g/mol. The monoisotopic (exact) mass is 192 g/mol. The van der Waals surface area contributed by atoms with E-state index in [-0.39, 0.29) is 0 Å². The molecule has 1 saturated heterocycles. The van der Waals surface area contributed by atoms with E-state index in [1.165, 1.54) is 45.1 Å². The SMILES string of the molecule is N#CC1CCN(C2CCCCCC2)C1. The highest BCUT2D eigenvalue weighted by Gasteiger charge is 2.28. The molecule has 1 unspecified atom stereocenters. The van der Waals surface area contributed by atoms with E-state index < -0.39 is 0 Å². The van der Waals surface area contributed by atoms with Gasteiger partial charge in [-0.2, -0.15) is 5.26 Å². The molecule has 1 atom stereocenters. The fourth-order valence-corrected chi connectivity index (χ4v) is 2.85. The number of likely N-dealkylation sites (tertiary alicyclic amines) is 1. The minimum Gasteiger partial charge on any atom is -0.299 e. The summed E-state index contributed by atoms with van der Waals surface area (Å²) in [5, 5.41) is 8.86. The van der Waals surface area contributed by atoms with Gasteiger partial charge in [-0.15, -0.1) is 0 Å². The molecule has 2 nitrogen and oxygen atoms in total. The zero-order chi connectivity index (χ0) is 9.80. The topological polar surface area (TPSA) is 27.0 Å². The Morgan fingerprint density at radius 3 is 2.29 bits per heavy atom. The molecule has 2 fully saturated rings. The third-order valence-corrected chi connectivity index (χ3v) is 3.74. The van der Waals surface area contributed by atoms with Crippen LogP contribution in [0.2, 0.25) is 0 Å². The van der Waals surface area contributed by atoms with E-state index in [0.29, 0.717) is 5.92 Å². The summed E-state index contributed by atoms with van der Waals surface area (Å²) in [4.78, 5) is 2.57. The molecular weight excluding hydrogens is 172 g/mol.